The third-order valence-electron chi connectivity index (χ3n) is 1.84. The summed E-state index contributed by atoms with van der Waals surface area (Å²) in [7, 11) is -3.92. The third kappa shape index (κ3) is 4.56. The minimum Gasteiger partial charge on any atom is -0.333 e. The summed E-state index contributed by atoms with van der Waals surface area (Å²) in [6, 6.07) is 0. The third-order valence-corrected chi connectivity index (χ3v) is 3.34. The molecule has 0 spiro atoms. The second-order valence-electron chi connectivity index (χ2n) is 3.16. The molecule has 98 valence electrons. The van der Waals surface area contributed by atoms with Crippen molar-refractivity contribution in [1.29, 1.82) is 0 Å². The molecule has 17 heavy (non-hydrogen) atoms. The van der Waals surface area contributed by atoms with Gasteiger partial charge in [-0.15, -0.1) is 0 Å². The van der Waals surface area contributed by atoms with Crippen LogP contribution in [0.15, 0.2) is 11.2 Å². The lowest BCUT2D eigenvalue weighted by Gasteiger charge is -2.06. The fraction of sp³-hybridized carbons (Fsp3) is 0.571. The Kier molecular flexibility index (Phi) is 4.10. The minimum absolute atomic E-state index is 0.0124. The van der Waals surface area contributed by atoms with Gasteiger partial charge in [-0.25, -0.2) is 18.5 Å². The first-order valence-corrected chi connectivity index (χ1v) is 6.90. The second-order valence-corrected chi connectivity index (χ2v) is 5.83. The monoisotopic (exact) mass is 289 g/mol. The van der Waals surface area contributed by atoms with Gasteiger partial charge in [0.05, 0.1) is 0 Å². The molecule has 0 saturated heterocycles. The molecular weight excluding hydrogens is 279 g/mol. The highest BCUT2D eigenvalue weighted by atomic mass is 32.2. The van der Waals surface area contributed by atoms with Crippen LogP contribution in [-0.4, -0.2) is 29.2 Å². The molecule has 1 rings (SSSR count). The van der Waals surface area contributed by atoms with Crippen molar-refractivity contribution in [2.45, 2.75) is 24.0 Å². The van der Waals surface area contributed by atoms with E-state index < -0.39 is 15.5 Å². The van der Waals surface area contributed by atoms with E-state index in [2.05, 4.69) is 4.98 Å². The van der Waals surface area contributed by atoms with Crippen molar-refractivity contribution in [2.24, 2.45) is 5.14 Å². The number of sulfonamides is 1. The Labute approximate surface area is 100 Å². The van der Waals surface area contributed by atoms with Crippen molar-refractivity contribution in [3.8, 4) is 0 Å². The maximum absolute atomic E-state index is 11.9. The Bertz CT molecular complexity index is 495. The molecule has 1 heterocycles. The molecule has 0 bridgehead atoms. The molecule has 1 aromatic rings. The molecule has 0 amide bonds. The quantitative estimate of drug-likeness (QED) is 0.900. The number of halogens is 3. The molecule has 0 radical (unpaired) electrons. The van der Waals surface area contributed by atoms with Crippen LogP contribution >= 0.6 is 11.8 Å². The van der Waals surface area contributed by atoms with Crippen molar-refractivity contribution in [3.63, 3.8) is 0 Å². The van der Waals surface area contributed by atoms with Crippen LogP contribution in [0.5, 0.6) is 0 Å². The Balaban J connectivity index is 2.70. The summed E-state index contributed by atoms with van der Waals surface area (Å²) in [5, 5.41) is 4.51. The molecule has 10 heteroatoms. The number of nitrogens with zero attached hydrogens (tertiary/aromatic N) is 2. The fourth-order valence-electron chi connectivity index (χ4n) is 1.10. The zero-order valence-corrected chi connectivity index (χ0v) is 10.4. The first-order chi connectivity index (χ1) is 7.59. The van der Waals surface area contributed by atoms with Gasteiger partial charge in [-0.1, -0.05) is 0 Å². The molecule has 0 saturated carbocycles. The number of nitrogens with two attached hydrogens (primary N) is 1. The summed E-state index contributed by atoms with van der Waals surface area (Å²) in [4.78, 5) is 3.66. The molecule has 0 aliphatic heterocycles. The van der Waals surface area contributed by atoms with Crippen LogP contribution in [0, 0.1) is 6.92 Å². The summed E-state index contributed by atoms with van der Waals surface area (Å²) in [6.45, 7) is 1.51. The van der Waals surface area contributed by atoms with E-state index in [-0.39, 0.29) is 29.1 Å². The number of aromatic nitrogens is 2. The van der Waals surface area contributed by atoms with Gasteiger partial charge in [0.1, 0.15) is 5.82 Å². The van der Waals surface area contributed by atoms with Crippen molar-refractivity contribution in [3.05, 3.63) is 12.0 Å². The highest BCUT2D eigenvalue weighted by molar-refractivity contribution is 8.00. The van der Waals surface area contributed by atoms with E-state index in [1.807, 2.05) is 0 Å². The molecule has 0 aliphatic rings. The lowest BCUT2D eigenvalue weighted by Crippen LogP contribution is -2.12. The van der Waals surface area contributed by atoms with Crippen molar-refractivity contribution < 1.29 is 21.6 Å². The maximum Gasteiger partial charge on any atom is 0.441 e. The van der Waals surface area contributed by atoms with E-state index in [0.29, 0.717) is 5.82 Å². The first kappa shape index (κ1) is 14.3. The van der Waals surface area contributed by atoms with Crippen molar-refractivity contribution in [2.75, 3.05) is 5.75 Å². The fourth-order valence-corrected chi connectivity index (χ4v) is 2.16. The SMILES string of the molecule is Cc1nc(S(N)(=O)=O)cn1CCSC(F)(F)F. The van der Waals surface area contributed by atoms with Crippen LogP contribution in [0.2, 0.25) is 0 Å². The molecule has 1 aromatic heterocycles. The lowest BCUT2D eigenvalue weighted by atomic mass is 10.6. The van der Waals surface area contributed by atoms with Gasteiger partial charge in [-0.3, -0.25) is 0 Å². The van der Waals surface area contributed by atoms with Gasteiger partial charge in [0.2, 0.25) is 0 Å². The van der Waals surface area contributed by atoms with Crippen LogP contribution in [-0.2, 0) is 16.6 Å². The highest BCUT2D eigenvalue weighted by Gasteiger charge is 2.27. The van der Waals surface area contributed by atoms with Gasteiger partial charge < -0.3 is 4.57 Å². The average Bonchev–Trinajstić information content (AvgIpc) is 2.45. The van der Waals surface area contributed by atoms with E-state index in [4.69, 9.17) is 5.14 Å². The van der Waals surface area contributed by atoms with E-state index >= 15 is 0 Å². The van der Waals surface area contributed by atoms with Crippen LogP contribution < -0.4 is 5.14 Å². The number of thioether (sulfide) groups is 1. The summed E-state index contributed by atoms with van der Waals surface area (Å²) >= 11 is -0.175. The molecule has 0 aromatic carbocycles. The Morgan fingerprint density at radius 3 is 2.53 bits per heavy atom. The van der Waals surface area contributed by atoms with Crippen LogP contribution in [0.4, 0.5) is 13.2 Å². The summed E-state index contributed by atoms with van der Waals surface area (Å²) in [6.07, 6.45) is 1.13. The van der Waals surface area contributed by atoms with E-state index in [1.54, 1.807) is 0 Å². The van der Waals surface area contributed by atoms with Crippen molar-refractivity contribution >= 4 is 21.8 Å². The Morgan fingerprint density at radius 2 is 2.12 bits per heavy atom. The molecule has 5 nitrogen and oxygen atoms in total. The van der Waals surface area contributed by atoms with Crippen LogP contribution in [0.1, 0.15) is 5.82 Å². The number of primary sulfonamides is 1. The molecule has 0 atom stereocenters. The van der Waals surface area contributed by atoms with Crippen LogP contribution in [0.25, 0.3) is 0 Å². The number of hydrogen-bond acceptors (Lipinski definition) is 4. The Morgan fingerprint density at radius 1 is 1.53 bits per heavy atom. The standard InChI is InChI=1S/C7H10F3N3O2S2/c1-5-12-6(17(11,14)15)4-13(5)2-3-16-7(8,9)10/h4H,2-3H2,1H3,(H2,11,14,15). The number of hydrogen-bond donors (Lipinski definition) is 1. The van der Waals surface area contributed by atoms with Crippen molar-refractivity contribution in [1.82, 2.24) is 9.55 Å². The van der Waals surface area contributed by atoms with E-state index in [0.717, 1.165) is 6.20 Å². The molecule has 0 fully saturated rings. The zero-order valence-electron chi connectivity index (χ0n) is 8.73. The molecule has 0 unspecified atom stereocenters. The number of rotatable bonds is 4. The van der Waals surface area contributed by atoms with Gasteiger partial charge in [0.15, 0.2) is 5.03 Å². The summed E-state index contributed by atoms with van der Waals surface area (Å²) < 4.78 is 58.8. The van der Waals surface area contributed by atoms with Gasteiger partial charge in [0.25, 0.3) is 10.0 Å². The summed E-state index contributed by atoms with van der Waals surface area (Å²) in [5.41, 5.74) is -4.29. The maximum atomic E-state index is 11.9. The van der Waals surface area contributed by atoms with E-state index in [1.165, 1.54) is 11.5 Å². The summed E-state index contributed by atoms with van der Waals surface area (Å²) in [5.74, 6) is 0.0851. The van der Waals surface area contributed by atoms with Gasteiger partial charge in [0, 0.05) is 18.5 Å². The van der Waals surface area contributed by atoms with Gasteiger partial charge in [-0.2, -0.15) is 13.2 Å². The Hall–Kier alpha value is -0.740. The second kappa shape index (κ2) is 4.86. The van der Waals surface area contributed by atoms with Gasteiger partial charge in [-0.05, 0) is 18.7 Å². The molecule has 0 aliphatic carbocycles. The number of aryl methyl sites for hydroxylation is 2. The lowest BCUT2D eigenvalue weighted by molar-refractivity contribution is -0.0328. The van der Waals surface area contributed by atoms with Crippen LogP contribution in [0.3, 0.4) is 0 Å². The normalized spacial score (nSPS) is 13.0. The zero-order chi connectivity index (χ0) is 13.3. The molecule has 2 N–H and O–H groups in total. The smallest absolute Gasteiger partial charge is 0.333 e. The molecular formula is C7H10F3N3O2S2. The topological polar surface area (TPSA) is 78.0 Å². The number of alkyl halides is 3. The van der Waals surface area contributed by atoms with Gasteiger partial charge >= 0.3 is 5.51 Å². The highest BCUT2D eigenvalue weighted by Crippen LogP contribution is 2.30. The predicted molar refractivity (Wildman–Crippen MR) is 56.9 cm³/mol. The minimum atomic E-state index is -4.29. The van der Waals surface area contributed by atoms with E-state index in [9.17, 15) is 21.6 Å². The predicted octanol–water partition coefficient (Wildman–Crippen LogP) is 1.09. The average molecular weight is 289 g/mol. The first-order valence-electron chi connectivity index (χ1n) is 4.37. The number of imidazole rings is 1. The largest absolute Gasteiger partial charge is 0.441 e.